The van der Waals surface area contributed by atoms with Crippen LogP contribution in [0.3, 0.4) is 0 Å². The lowest BCUT2D eigenvalue weighted by Crippen LogP contribution is -2.58. The molecule has 1 N–H and O–H groups in total. The Balaban J connectivity index is 0.00000240. The predicted molar refractivity (Wildman–Crippen MR) is 126 cm³/mol. The summed E-state index contributed by atoms with van der Waals surface area (Å²) in [4.78, 5) is 33.7. The molecule has 2 bridgehead atoms. The Morgan fingerprint density at radius 3 is 2.26 bits per heavy atom. The number of aliphatic carboxylic acids is 1. The minimum atomic E-state index is -0.992. The van der Waals surface area contributed by atoms with Crippen LogP contribution in [0.4, 0.5) is 0 Å². The minimum Gasteiger partial charge on any atom is -0.481 e. The van der Waals surface area contributed by atoms with Gasteiger partial charge in [-0.05, 0) is 18.2 Å². The Labute approximate surface area is 208 Å². The molecule has 10 heteroatoms. The van der Waals surface area contributed by atoms with Crippen LogP contribution >= 0.6 is 45.6 Å². The Hall–Kier alpha value is -1.16. The van der Waals surface area contributed by atoms with Gasteiger partial charge in [0.25, 0.3) is 0 Å². The molecule has 2 aliphatic rings. The van der Waals surface area contributed by atoms with Crippen LogP contribution in [0.1, 0.15) is 51.0 Å². The van der Waals surface area contributed by atoms with E-state index in [1.165, 1.54) is 6.92 Å². The molecule has 2 heterocycles. The summed E-state index contributed by atoms with van der Waals surface area (Å²) in [5.41, 5.74) is 1.07. The molecule has 2 fully saturated rings. The normalized spacial score (nSPS) is 26.2. The summed E-state index contributed by atoms with van der Waals surface area (Å²) in [7, 11) is 2.23. The van der Waals surface area contributed by atoms with Crippen molar-refractivity contribution in [1.82, 2.24) is 0 Å². The summed E-state index contributed by atoms with van der Waals surface area (Å²) < 4.78 is 11.5. The third-order valence-corrected chi connectivity index (χ3v) is 6.48. The highest BCUT2D eigenvalue weighted by atomic mass is 79.9. The molecule has 0 aromatic heterocycles. The van der Waals surface area contributed by atoms with E-state index >= 15 is 0 Å². The van der Waals surface area contributed by atoms with E-state index in [-0.39, 0.29) is 52.9 Å². The van der Waals surface area contributed by atoms with Gasteiger partial charge in [0.15, 0.2) is 0 Å². The minimum absolute atomic E-state index is 0. The molecule has 2 unspecified atom stereocenters. The molecule has 4 atom stereocenters. The first-order valence-electron chi connectivity index (χ1n) is 9.90. The second-order valence-corrected chi connectivity index (χ2v) is 8.63. The summed E-state index contributed by atoms with van der Waals surface area (Å²) in [6.45, 7) is 2.14. The van der Waals surface area contributed by atoms with Crippen molar-refractivity contribution in [3.8, 4) is 5.75 Å². The molecule has 0 aliphatic carbocycles. The Kier molecular flexibility index (Phi) is 10.5. The van der Waals surface area contributed by atoms with Gasteiger partial charge in [-0.1, -0.05) is 11.6 Å². The van der Waals surface area contributed by atoms with Gasteiger partial charge in [0.2, 0.25) is 0 Å². The zero-order chi connectivity index (χ0) is 21.2. The number of hydrogen-bond acceptors (Lipinski definition) is 5. The lowest BCUT2D eigenvalue weighted by Gasteiger charge is -2.47. The highest BCUT2D eigenvalue weighted by molar-refractivity contribution is 8.93. The van der Waals surface area contributed by atoms with E-state index in [0.29, 0.717) is 22.9 Å². The molecule has 0 amide bonds. The maximum Gasteiger partial charge on any atom is 0.308 e. The second kappa shape index (κ2) is 11.6. The molecule has 2 saturated heterocycles. The number of hydrogen-bond donors (Lipinski definition) is 1. The average Bonchev–Trinajstić information content (AvgIpc) is 2.80. The molecule has 7 nitrogen and oxygen atoms in total. The van der Waals surface area contributed by atoms with E-state index in [1.54, 1.807) is 6.07 Å². The van der Waals surface area contributed by atoms with Gasteiger partial charge in [-0.2, -0.15) is 0 Å². The lowest BCUT2D eigenvalue weighted by atomic mass is 9.95. The highest BCUT2D eigenvalue weighted by Gasteiger charge is 2.52. The Morgan fingerprint density at radius 1 is 1.13 bits per heavy atom. The van der Waals surface area contributed by atoms with E-state index in [2.05, 4.69) is 7.05 Å². The maximum atomic E-state index is 11.9. The topological polar surface area (TPSA) is 89.9 Å². The van der Waals surface area contributed by atoms with E-state index in [9.17, 15) is 14.4 Å². The first kappa shape index (κ1) is 27.9. The van der Waals surface area contributed by atoms with Crippen LogP contribution in [0.25, 0.3) is 0 Å². The van der Waals surface area contributed by atoms with Gasteiger partial charge in [-0.3, -0.25) is 14.4 Å². The second-order valence-electron chi connectivity index (χ2n) is 8.23. The van der Waals surface area contributed by atoms with Crippen molar-refractivity contribution < 1.29 is 33.4 Å². The molecule has 2 aliphatic heterocycles. The van der Waals surface area contributed by atoms with Gasteiger partial charge < -0.3 is 19.1 Å². The fourth-order valence-corrected chi connectivity index (χ4v) is 5.02. The molecule has 31 heavy (non-hydrogen) atoms. The highest BCUT2D eigenvalue weighted by Crippen LogP contribution is 2.44. The fraction of sp³-hybridized carbons (Fsp3) is 0.571. The number of halogens is 3. The van der Waals surface area contributed by atoms with E-state index in [1.807, 2.05) is 12.1 Å². The number of benzene rings is 1. The van der Waals surface area contributed by atoms with Crippen LogP contribution in [0.2, 0.25) is 5.02 Å². The van der Waals surface area contributed by atoms with Crippen LogP contribution in [-0.2, 0) is 25.7 Å². The quantitative estimate of drug-likeness (QED) is 0.288. The van der Waals surface area contributed by atoms with Crippen molar-refractivity contribution in [3.63, 3.8) is 0 Å². The molecule has 3 rings (SSSR count). The number of quaternary nitrogens is 1. The van der Waals surface area contributed by atoms with Gasteiger partial charge in [-0.15, -0.1) is 34.0 Å². The van der Waals surface area contributed by atoms with E-state index < -0.39 is 17.9 Å². The third kappa shape index (κ3) is 6.91. The molecule has 174 valence electrons. The summed E-state index contributed by atoms with van der Waals surface area (Å²) in [5, 5.41) is 9.12. The van der Waals surface area contributed by atoms with Crippen molar-refractivity contribution in [2.24, 2.45) is 0 Å². The van der Waals surface area contributed by atoms with Crippen molar-refractivity contribution in [3.05, 3.63) is 28.8 Å². The van der Waals surface area contributed by atoms with Crippen LogP contribution in [-0.4, -0.2) is 52.7 Å². The van der Waals surface area contributed by atoms with Gasteiger partial charge in [0.1, 0.15) is 18.4 Å². The number of carbonyl (C=O) groups is 3. The van der Waals surface area contributed by atoms with E-state index in [4.69, 9.17) is 26.2 Å². The summed E-state index contributed by atoms with van der Waals surface area (Å²) in [6, 6.07) is 6.26. The first-order valence-corrected chi connectivity index (χ1v) is 10.3. The van der Waals surface area contributed by atoms with Crippen LogP contribution in [0.15, 0.2) is 18.2 Å². The molecular weight excluding hydrogens is 557 g/mol. The number of carbonyl (C=O) groups excluding carboxylic acids is 2. The lowest BCUT2D eigenvalue weighted by molar-refractivity contribution is -0.961. The van der Waals surface area contributed by atoms with Crippen molar-refractivity contribution in [2.75, 3.05) is 7.05 Å². The molecule has 1 aromatic carbocycles. The number of piperidine rings is 1. The predicted octanol–water partition coefficient (Wildman–Crippen LogP) is 4.47. The fourth-order valence-electron chi connectivity index (χ4n) is 4.78. The summed E-state index contributed by atoms with van der Waals surface area (Å²) in [6.07, 6.45) is 3.29. The number of nitrogens with zero attached hydrogens (tertiary/aromatic N) is 1. The first-order chi connectivity index (χ1) is 13.7. The number of ether oxygens (including phenoxy) is 2. The molecule has 0 radical (unpaired) electrons. The zero-order valence-electron chi connectivity index (χ0n) is 17.5. The number of carboxylic acids is 1. The van der Waals surface area contributed by atoms with Crippen molar-refractivity contribution >= 4 is 63.5 Å². The SMILES string of the molecule is Br.Br.CC(=O)Oc1ccc(C[N+]2(C)[C@@H]3CC[C@H]2CC(OC(=O)CCC(=O)O)C3)cc1Cl. The van der Waals surface area contributed by atoms with Gasteiger partial charge in [0, 0.05) is 38.2 Å². The van der Waals surface area contributed by atoms with Crippen LogP contribution in [0.5, 0.6) is 5.75 Å². The summed E-state index contributed by atoms with van der Waals surface area (Å²) >= 11 is 6.27. The van der Waals surface area contributed by atoms with Crippen LogP contribution in [0, 0.1) is 0 Å². The number of rotatable bonds is 7. The average molecular weight is 587 g/mol. The zero-order valence-corrected chi connectivity index (χ0v) is 21.7. The van der Waals surface area contributed by atoms with Crippen molar-refractivity contribution in [2.45, 2.75) is 70.2 Å². The number of carboxylic acid groups (broad SMARTS) is 1. The number of fused-ring (bicyclic) bond motifs is 2. The third-order valence-electron chi connectivity index (χ3n) is 6.19. The van der Waals surface area contributed by atoms with Gasteiger partial charge in [-0.25, -0.2) is 0 Å². The number of esters is 2. The molecule has 1 aromatic rings. The van der Waals surface area contributed by atoms with Gasteiger partial charge >= 0.3 is 17.9 Å². The van der Waals surface area contributed by atoms with E-state index in [0.717, 1.165) is 42.3 Å². The Bertz CT molecular complexity index is 807. The van der Waals surface area contributed by atoms with Crippen LogP contribution < -0.4 is 4.74 Å². The van der Waals surface area contributed by atoms with Crippen molar-refractivity contribution in [1.29, 1.82) is 0 Å². The summed E-state index contributed by atoms with van der Waals surface area (Å²) in [5.74, 6) is -1.47. The molecule has 0 saturated carbocycles. The monoisotopic (exact) mass is 584 g/mol. The standard InChI is InChI=1S/C21H26ClNO6.2BrH/c1-13(24)28-19-6-3-14(9-18(19)22)12-23(2)15-4-5-16(23)11-17(10-15)29-21(27)8-7-20(25)26;;/h3,6,9,15-17H,4-5,7-8,10-12H2,1-2H3;2*1H/p+1/t15-,16+,17?,23?;;. The Morgan fingerprint density at radius 2 is 1.74 bits per heavy atom. The largest absolute Gasteiger partial charge is 0.481 e. The molecular formula is C21H29Br2ClNO6+. The van der Waals surface area contributed by atoms with Gasteiger partial charge in [0.05, 0.1) is 37.0 Å². The maximum absolute atomic E-state index is 11.9. The smallest absolute Gasteiger partial charge is 0.308 e. The molecule has 0 spiro atoms.